The van der Waals surface area contributed by atoms with Crippen molar-refractivity contribution in [1.29, 1.82) is 0 Å². The maximum atomic E-state index is 11.8. The zero-order valence-electron chi connectivity index (χ0n) is 11.4. The number of nitrogens with one attached hydrogen (secondary N) is 2. The van der Waals surface area contributed by atoms with Crippen LogP contribution >= 0.6 is 0 Å². The number of nitrogens with zero attached hydrogens (tertiary/aromatic N) is 1. The lowest BCUT2D eigenvalue weighted by atomic mass is 10.1. The molecule has 3 rings (SSSR count). The average Bonchev–Trinajstić information content (AvgIpc) is 2.78. The molecule has 0 atom stereocenters. The molecular weight excluding hydrogens is 254 g/mol. The van der Waals surface area contributed by atoms with Crippen molar-refractivity contribution in [3.8, 4) is 0 Å². The summed E-state index contributed by atoms with van der Waals surface area (Å²) in [7, 11) is 0. The third kappa shape index (κ3) is 2.88. The first kappa shape index (κ1) is 14.3. The number of benzene rings is 1. The van der Waals surface area contributed by atoms with Crippen LogP contribution in [0, 0.1) is 0 Å². The Bertz CT molecular complexity index is 616. The van der Waals surface area contributed by atoms with Crippen LogP contribution in [0.5, 0.6) is 0 Å². The van der Waals surface area contributed by atoms with Crippen LogP contribution in [0.2, 0.25) is 0 Å². The third-order valence-corrected chi connectivity index (χ3v) is 3.47. The number of carbonyl (C=O) groups excluding carboxylic acids is 1. The number of hydrogen-bond acceptors (Lipinski definition) is 4. The minimum atomic E-state index is -0.0118. The van der Waals surface area contributed by atoms with Crippen LogP contribution in [0.15, 0.2) is 35.3 Å². The monoisotopic (exact) mass is 273 g/mol. The molecule has 0 aliphatic carbocycles. The highest BCUT2D eigenvalue weighted by Crippen LogP contribution is 2.24. The maximum absolute atomic E-state index is 11.8. The second kappa shape index (κ2) is 6.86. The minimum absolute atomic E-state index is 0.0118. The summed E-state index contributed by atoms with van der Waals surface area (Å²) < 4.78 is 0. The van der Waals surface area contributed by atoms with E-state index < -0.39 is 0 Å². The van der Waals surface area contributed by atoms with Crippen molar-refractivity contribution in [2.45, 2.75) is 6.42 Å². The zero-order chi connectivity index (χ0) is 14.4. The SMILES string of the molecule is C=O.O=c1[nH]ccc2c(N3CCCNCC3)cccc12. The number of fused-ring (bicyclic) bond motifs is 1. The van der Waals surface area contributed by atoms with Crippen LogP contribution < -0.4 is 15.8 Å². The molecule has 1 aliphatic heterocycles. The van der Waals surface area contributed by atoms with Gasteiger partial charge in [-0.1, -0.05) is 6.07 Å². The van der Waals surface area contributed by atoms with E-state index >= 15 is 0 Å². The van der Waals surface area contributed by atoms with Crippen LogP contribution in [0.1, 0.15) is 6.42 Å². The van der Waals surface area contributed by atoms with E-state index in [4.69, 9.17) is 4.79 Å². The van der Waals surface area contributed by atoms with Gasteiger partial charge < -0.3 is 20.0 Å². The molecule has 2 aromatic rings. The number of hydrogen-bond donors (Lipinski definition) is 2. The van der Waals surface area contributed by atoms with E-state index in [2.05, 4.69) is 21.3 Å². The molecule has 0 amide bonds. The molecule has 1 aromatic carbocycles. The lowest BCUT2D eigenvalue weighted by Gasteiger charge is -2.23. The topological polar surface area (TPSA) is 65.2 Å². The number of rotatable bonds is 1. The fourth-order valence-electron chi connectivity index (χ4n) is 2.57. The number of H-pyrrole nitrogens is 1. The van der Waals surface area contributed by atoms with Crippen molar-refractivity contribution >= 4 is 23.2 Å². The summed E-state index contributed by atoms with van der Waals surface area (Å²) in [6, 6.07) is 7.94. The Balaban J connectivity index is 0.000000704. The summed E-state index contributed by atoms with van der Waals surface area (Å²) >= 11 is 0. The quantitative estimate of drug-likeness (QED) is 0.818. The normalized spacial score (nSPS) is 15.3. The highest BCUT2D eigenvalue weighted by atomic mass is 16.1. The molecule has 0 unspecified atom stereocenters. The van der Waals surface area contributed by atoms with Crippen LogP contribution in [-0.4, -0.2) is 38.0 Å². The van der Waals surface area contributed by atoms with E-state index in [1.165, 1.54) is 5.69 Å². The Labute approximate surface area is 117 Å². The molecule has 2 heterocycles. The maximum Gasteiger partial charge on any atom is 0.255 e. The molecule has 1 saturated heterocycles. The number of anilines is 1. The molecule has 5 nitrogen and oxygen atoms in total. The number of pyridine rings is 1. The molecule has 1 aromatic heterocycles. The van der Waals surface area contributed by atoms with Gasteiger partial charge in [-0.25, -0.2) is 0 Å². The summed E-state index contributed by atoms with van der Waals surface area (Å²) in [4.78, 5) is 24.9. The third-order valence-electron chi connectivity index (χ3n) is 3.47. The fraction of sp³-hybridized carbons (Fsp3) is 0.333. The van der Waals surface area contributed by atoms with E-state index in [0.717, 1.165) is 43.4 Å². The van der Waals surface area contributed by atoms with Gasteiger partial charge in [-0.05, 0) is 31.2 Å². The van der Waals surface area contributed by atoms with Gasteiger partial charge in [-0.15, -0.1) is 0 Å². The van der Waals surface area contributed by atoms with E-state index in [9.17, 15) is 4.79 Å². The molecular formula is C15H19N3O2. The van der Waals surface area contributed by atoms with Crippen LogP contribution in [0.3, 0.4) is 0 Å². The molecule has 0 radical (unpaired) electrons. The van der Waals surface area contributed by atoms with Gasteiger partial charge in [0.25, 0.3) is 5.56 Å². The predicted molar refractivity (Wildman–Crippen MR) is 81.4 cm³/mol. The van der Waals surface area contributed by atoms with Crippen LogP contribution in [0.25, 0.3) is 10.8 Å². The first-order valence-electron chi connectivity index (χ1n) is 6.71. The average molecular weight is 273 g/mol. The fourth-order valence-corrected chi connectivity index (χ4v) is 2.57. The molecule has 0 bridgehead atoms. The van der Waals surface area contributed by atoms with Crippen molar-refractivity contribution in [3.63, 3.8) is 0 Å². The van der Waals surface area contributed by atoms with E-state index in [-0.39, 0.29) is 5.56 Å². The van der Waals surface area contributed by atoms with Gasteiger partial charge in [0.15, 0.2) is 0 Å². The summed E-state index contributed by atoms with van der Waals surface area (Å²) in [6.07, 6.45) is 2.86. The van der Waals surface area contributed by atoms with Crippen molar-refractivity contribution in [1.82, 2.24) is 10.3 Å². The Morgan fingerprint density at radius 3 is 2.75 bits per heavy atom. The molecule has 1 aliphatic rings. The van der Waals surface area contributed by atoms with E-state index in [0.29, 0.717) is 0 Å². The summed E-state index contributed by atoms with van der Waals surface area (Å²) in [5.41, 5.74) is 1.16. The van der Waals surface area contributed by atoms with Crippen molar-refractivity contribution < 1.29 is 4.79 Å². The van der Waals surface area contributed by atoms with Gasteiger partial charge in [0, 0.05) is 42.3 Å². The predicted octanol–water partition coefficient (Wildman–Crippen LogP) is 1.14. The lowest BCUT2D eigenvalue weighted by molar-refractivity contribution is -0.0979. The standard InChI is InChI=1S/C14H17N3O.CH2O/c18-14-12-3-1-4-13(11(12)5-7-16-14)17-9-2-6-15-8-10-17;1-2/h1,3-5,7,15H,2,6,8-10H2,(H,16,18);1H2. The molecule has 0 saturated carbocycles. The van der Waals surface area contributed by atoms with Crippen molar-refractivity contribution in [2.24, 2.45) is 0 Å². The molecule has 2 N–H and O–H groups in total. The second-order valence-electron chi connectivity index (χ2n) is 4.64. The minimum Gasteiger partial charge on any atom is -0.370 e. The van der Waals surface area contributed by atoms with Gasteiger partial charge in [-0.2, -0.15) is 0 Å². The van der Waals surface area contributed by atoms with Crippen LogP contribution in [-0.2, 0) is 4.79 Å². The smallest absolute Gasteiger partial charge is 0.255 e. The summed E-state index contributed by atoms with van der Waals surface area (Å²) in [5.74, 6) is 0. The Kier molecular flexibility index (Phi) is 4.90. The highest BCUT2D eigenvalue weighted by molar-refractivity contribution is 5.93. The molecule has 0 spiro atoms. The van der Waals surface area contributed by atoms with Gasteiger partial charge in [0.05, 0.1) is 0 Å². The van der Waals surface area contributed by atoms with Gasteiger partial charge in [0.2, 0.25) is 0 Å². The Morgan fingerprint density at radius 1 is 1.05 bits per heavy atom. The van der Waals surface area contributed by atoms with Gasteiger partial charge in [0.1, 0.15) is 6.79 Å². The van der Waals surface area contributed by atoms with Gasteiger partial charge in [-0.3, -0.25) is 4.79 Å². The molecule has 1 fully saturated rings. The summed E-state index contributed by atoms with van der Waals surface area (Å²) in [5, 5.41) is 5.21. The summed E-state index contributed by atoms with van der Waals surface area (Å²) in [6.45, 7) is 6.10. The first-order chi connectivity index (χ1) is 9.86. The highest BCUT2D eigenvalue weighted by Gasteiger charge is 2.12. The number of carbonyl (C=O) groups is 1. The molecule has 106 valence electrons. The van der Waals surface area contributed by atoms with Crippen molar-refractivity contribution in [2.75, 3.05) is 31.1 Å². The second-order valence-corrected chi connectivity index (χ2v) is 4.64. The Morgan fingerprint density at radius 2 is 1.90 bits per heavy atom. The van der Waals surface area contributed by atoms with Crippen molar-refractivity contribution in [3.05, 3.63) is 40.8 Å². The number of aromatic amines is 1. The Hall–Kier alpha value is -2.14. The molecule has 20 heavy (non-hydrogen) atoms. The number of aromatic nitrogens is 1. The lowest BCUT2D eigenvalue weighted by Crippen LogP contribution is -2.28. The van der Waals surface area contributed by atoms with Gasteiger partial charge >= 0.3 is 0 Å². The van der Waals surface area contributed by atoms with E-state index in [1.54, 1.807) is 6.20 Å². The van der Waals surface area contributed by atoms with E-state index in [1.807, 2.05) is 25.0 Å². The first-order valence-corrected chi connectivity index (χ1v) is 6.71. The zero-order valence-corrected chi connectivity index (χ0v) is 11.4. The molecule has 5 heteroatoms. The largest absolute Gasteiger partial charge is 0.370 e. The van der Waals surface area contributed by atoms with Crippen LogP contribution in [0.4, 0.5) is 5.69 Å².